The zero-order valence-electron chi connectivity index (χ0n) is 12.6. The van der Waals surface area contributed by atoms with E-state index in [9.17, 15) is 4.79 Å². The van der Waals surface area contributed by atoms with Crippen LogP contribution in [0, 0.1) is 13.8 Å². The number of ether oxygens (including phenoxy) is 1. The molecule has 0 aliphatic carbocycles. The lowest BCUT2D eigenvalue weighted by Gasteiger charge is -2.18. The van der Waals surface area contributed by atoms with Crippen LogP contribution >= 0.6 is 0 Å². The Morgan fingerprint density at radius 2 is 2.14 bits per heavy atom. The first kappa shape index (κ1) is 15.0. The Balaban J connectivity index is 2.07. The van der Waals surface area contributed by atoms with Gasteiger partial charge in [0.1, 0.15) is 5.75 Å². The first-order valence-corrected chi connectivity index (χ1v) is 7.05. The average Bonchev–Trinajstić information content (AvgIpc) is 2.47. The number of nitrogens with one attached hydrogen (secondary N) is 1. The summed E-state index contributed by atoms with van der Waals surface area (Å²) >= 11 is 0. The first-order chi connectivity index (χ1) is 10.1. The second kappa shape index (κ2) is 6.88. The van der Waals surface area contributed by atoms with E-state index in [1.165, 1.54) is 0 Å². The summed E-state index contributed by atoms with van der Waals surface area (Å²) in [6.07, 6.45) is 3.42. The highest BCUT2D eigenvalue weighted by molar-refractivity contribution is 5.94. The van der Waals surface area contributed by atoms with Crippen LogP contribution in [0.15, 0.2) is 42.7 Å². The van der Waals surface area contributed by atoms with Gasteiger partial charge in [-0.2, -0.15) is 0 Å². The van der Waals surface area contributed by atoms with Crippen LogP contribution in [0.2, 0.25) is 0 Å². The molecule has 1 heterocycles. The Labute approximate surface area is 125 Å². The molecule has 0 saturated carbocycles. The summed E-state index contributed by atoms with van der Waals surface area (Å²) in [7, 11) is 0. The van der Waals surface area contributed by atoms with Crippen molar-refractivity contribution in [3.63, 3.8) is 0 Å². The van der Waals surface area contributed by atoms with Gasteiger partial charge >= 0.3 is 0 Å². The van der Waals surface area contributed by atoms with Crippen molar-refractivity contribution in [2.75, 3.05) is 5.32 Å². The molecule has 0 saturated heterocycles. The van der Waals surface area contributed by atoms with Gasteiger partial charge in [-0.3, -0.25) is 9.78 Å². The van der Waals surface area contributed by atoms with Crippen LogP contribution in [0.5, 0.6) is 5.75 Å². The average molecular weight is 284 g/mol. The van der Waals surface area contributed by atoms with Crippen molar-refractivity contribution in [3.8, 4) is 5.75 Å². The van der Waals surface area contributed by atoms with Gasteiger partial charge in [0, 0.05) is 6.20 Å². The minimum Gasteiger partial charge on any atom is -0.481 e. The number of amides is 1. The van der Waals surface area contributed by atoms with Gasteiger partial charge in [0.15, 0.2) is 6.10 Å². The maximum absolute atomic E-state index is 12.3. The van der Waals surface area contributed by atoms with Crippen LogP contribution in [0.25, 0.3) is 0 Å². The van der Waals surface area contributed by atoms with Crippen LogP contribution in [-0.4, -0.2) is 17.0 Å². The molecule has 0 bridgehead atoms. The third-order valence-electron chi connectivity index (χ3n) is 3.23. The summed E-state index contributed by atoms with van der Waals surface area (Å²) < 4.78 is 5.79. The minimum absolute atomic E-state index is 0.157. The number of nitrogens with zero attached hydrogens (tertiary/aromatic N) is 1. The Kier molecular flexibility index (Phi) is 4.93. The monoisotopic (exact) mass is 284 g/mol. The highest BCUT2D eigenvalue weighted by Gasteiger charge is 2.19. The molecule has 1 amide bonds. The van der Waals surface area contributed by atoms with Crippen molar-refractivity contribution in [2.24, 2.45) is 0 Å². The smallest absolute Gasteiger partial charge is 0.265 e. The van der Waals surface area contributed by atoms with E-state index in [0.29, 0.717) is 17.9 Å². The lowest BCUT2D eigenvalue weighted by atomic mass is 10.2. The number of aryl methyl sites for hydroxylation is 2. The summed E-state index contributed by atoms with van der Waals surface area (Å²) in [6, 6.07) is 9.55. The van der Waals surface area contributed by atoms with E-state index >= 15 is 0 Å². The van der Waals surface area contributed by atoms with Crippen molar-refractivity contribution >= 4 is 11.6 Å². The maximum Gasteiger partial charge on any atom is 0.265 e. The molecular weight excluding hydrogens is 264 g/mol. The molecule has 1 aromatic carbocycles. The lowest BCUT2D eigenvalue weighted by Crippen LogP contribution is -2.32. The number of aromatic nitrogens is 1. The van der Waals surface area contributed by atoms with Crippen molar-refractivity contribution < 1.29 is 9.53 Å². The van der Waals surface area contributed by atoms with Gasteiger partial charge in [0.2, 0.25) is 0 Å². The van der Waals surface area contributed by atoms with Crippen LogP contribution in [0.1, 0.15) is 24.5 Å². The fourth-order valence-corrected chi connectivity index (χ4v) is 1.98. The van der Waals surface area contributed by atoms with Gasteiger partial charge in [-0.1, -0.05) is 19.1 Å². The number of pyridine rings is 1. The lowest BCUT2D eigenvalue weighted by molar-refractivity contribution is -0.122. The predicted molar refractivity (Wildman–Crippen MR) is 83.5 cm³/mol. The maximum atomic E-state index is 12.3. The third kappa shape index (κ3) is 4.05. The van der Waals surface area contributed by atoms with Crippen LogP contribution in [0.3, 0.4) is 0 Å². The number of benzene rings is 1. The molecule has 0 radical (unpaired) electrons. The predicted octanol–water partition coefficient (Wildman–Crippen LogP) is 3.49. The summed E-state index contributed by atoms with van der Waals surface area (Å²) in [5, 5.41) is 2.87. The zero-order valence-corrected chi connectivity index (χ0v) is 12.6. The number of anilines is 1. The van der Waals surface area contributed by atoms with Crippen molar-refractivity contribution in [1.82, 2.24) is 4.98 Å². The fourth-order valence-electron chi connectivity index (χ4n) is 1.98. The van der Waals surface area contributed by atoms with Crippen molar-refractivity contribution in [2.45, 2.75) is 33.3 Å². The molecule has 1 aromatic heterocycles. The molecule has 4 heteroatoms. The summed E-state index contributed by atoms with van der Waals surface area (Å²) in [4.78, 5) is 16.3. The molecular formula is C17H20N2O2. The normalized spacial score (nSPS) is 11.8. The van der Waals surface area contributed by atoms with Gasteiger partial charge in [-0.25, -0.2) is 0 Å². The van der Waals surface area contributed by atoms with E-state index in [2.05, 4.69) is 10.3 Å². The van der Waals surface area contributed by atoms with Crippen LogP contribution in [0.4, 0.5) is 5.69 Å². The molecule has 2 aromatic rings. The van der Waals surface area contributed by atoms with Gasteiger partial charge in [0.05, 0.1) is 11.9 Å². The SMILES string of the molecule is CCC(Oc1cccc(C)c1)C(=O)Nc1cnccc1C. The number of carbonyl (C=O) groups is 1. The number of hydrogen-bond acceptors (Lipinski definition) is 3. The number of rotatable bonds is 5. The number of hydrogen-bond donors (Lipinski definition) is 1. The van der Waals surface area contributed by atoms with Gasteiger partial charge in [-0.15, -0.1) is 0 Å². The molecule has 4 nitrogen and oxygen atoms in total. The topological polar surface area (TPSA) is 51.2 Å². The molecule has 0 aliphatic rings. The molecule has 1 unspecified atom stereocenters. The second-order valence-corrected chi connectivity index (χ2v) is 5.01. The van der Waals surface area contributed by atoms with Crippen molar-refractivity contribution in [1.29, 1.82) is 0 Å². The Morgan fingerprint density at radius 1 is 1.33 bits per heavy atom. The van der Waals surface area contributed by atoms with Gasteiger partial charge in [-0.05, 0) is 49.6 Å². The summed E-state index contributed by atoms with van der Waals surface area (Å²) in [5.74, 6) is 0.551. The Hall–Kier alpha value is -2.36. The quantitative estimate of drug-likeness (QED) is 0.914. The highest BCUT2D eigenvalue weighted by Crippen LogP contribution is 2.17. The van der Waals surface area contributed by atoms with E-state index in [4.69, 9.17) is 4.74 Å². The first-order valence-electron chi connectivity index (χ1n) is 7.05. The van der Waals surface area contributed by atoms with E-state index in [0.717, 1.165) is 11.1 Å². The standard InChI is InChI=1S/C17H20N2O2/c1-4-16(21-14-7-5-6-12(2)10-14)17(20)19-15-11-18-9-8-13(15)3/h5-11,16H,4H2,1-3H3,(H,19,20). The Morgan fingerprint density at radius 3 is 2.81 bits per heavy atom. The Bertz CT molecular complexity index is 626. The molecule has 1 atom stereocenters. The van der Waals surface area contributed by atoms with Crippen molar-refractivity contribution in [3.05, 3.63) is 53.9 Å². The third-order valence-corrected chi connectivity index (χ3v) is 3.23. The van der Waals surface area contributed by atoms with E-state index < -0.39 is 6.10 Å². The zero-order chi connectivity index (χ0) is 15.2. The second-order valence-electron chi connectivity index (χ2n) is 5.01. The van der Waals surface area contributed by atoms with E-state index in [1.807, 2.05) is 51.1 Å². The van der Waals surface area contributed by atoms with E-state index in [1.54, 1.807) is 12.4 Å². The largest absolute Gasteiger partial charge is 0.481 e. The molecule has 0 fully saturated rings. The van der Waals surface area contributed by atoms with E-state index in [-0.39, 0.29) is 5.91 Å². The molecule has 21 heavy (non-hydrogen) atoms. The fraction of sp³-hybridized carbons (Fsp3) is 0.294. The molecule has 110 valence electrons. The molecule has 0 spiro atoms. The highest BCUT2D eigenvalue weighted by atomic mass is 16.5. The molecule has 2 rings (SSSR count). The minimum atomic E-state index is -0.522. The van der Waals surface area contributed by atoms with Gasteiger partial charge in [0.25, 0.3) is 5.91 Å². The molecule has 0 aliphatic heterocycles. The van der Waals surface area contributed by atoms with Gasteiger partial charge < -0.3 is 10.1 Å². The van der Waals surface area contributed by atoms with Crippen LogP contribution in [-0.2, 0) is 4.79 Å². The molecule has 1 N–H and O–H groups in total. The van der Waals surface area contributed by atoms with Crippen LogP contribution < -0.4 is 10.1 Å². The summed E-state index contributed by atoms with van der Waals surface area (Å²) in [5.41, 5.74) is 2.79. The summed E-state index contributed by atoms with van der Waals surface area (Å²) in [6.45, 7) is 5.85. The number of carbonyl (C=O) groups excluding carboxylic acids is 1.